The van der Waals surface area contributed by atoms with E-state index in [1.807, 2.05) is 20.8 Å². The molecular formula is C14H28N2O4S. The summed E-state index contributed by atoms with van der Waals surface area (Å²) in [7, 11) is -3.11. The van der Waals surface area contributed by atoms with Crippen molar-refractivity contribution < 1.29 is 17.9 Å². The second kappa shape index (κ2) is 7.45. The lowest BCUT2D eigenvalue weighted by molar-refractivity contribution is 0.0488. The van der Waals surface area contributed by atoms with E-state index in [0.29, 0.717) is 12.5 Å². The fraction of sp³-hybridized carbons (Fsp3) is 0.929. The number of carbonyl (C=O) groups is 1. The highest BCUT2D eigenvalue weighted by Crippen LogP contribution is 2.24. The molecule has 0 saturated heterocycles. The quantitative estimate of drug-likeness (QED) is 0.811. The molecule has 1 fully saturated rings. The largest absolute Gasteiger partial charge is 0.444 e. The van der Waals surface area contributed by atoms with Crippen molar-refractivity contribution in [2.24, 2.45) is 5.92 Å². The lowest BCUT2D eigenvalue weighted by atomic mass is 9.86. The Labute approximate surface area is 128 Å². The van der Waals surface area contributed by atoms with Gasteiger partial charge in [-0.1, -0.05) is 0 Å². The number of hydrogen-bond donors (Lipinski definition) is 2. The van der Waals surface area contributed by atoms with Gasteiger partial charge in [-0.25, -0.2) is 17.9 Å². The van der Waals surface area contributed by atoms with Crippen molar-refractivity contribution in [2.75, 3.05) is 12.3 Å². The molecule has 1 rings (SSSR count). The van der Waals surface area contributed by atoms with Gasteiger partial charge in [0, 0.05) is 12.6 Å². The maximum absolute atomic E-state index is 11.7. The van der Waals surface area contributed by atoms with Gasteiger partial charge in [-0.15, -0.1) is 0 Å². The van der Waals surface area contributed by atoms with Crippen LogP contribution in [0.25, 0.3) is 0 Å². The summed E-state index contributed by atoms with van der Waals surface area (Å²) in [6.07, 6.45) is 3.16. The smallest absolute Gasteiger partial charge is 0.407 e. The molecule has 1 amide bonds. The third-order valence-corrected chi connectivity index (χ3v) is 4.91. The lowest BCUT2D eigenvalue weighted by Gasteiger charge is -2.30. The van der Waals surface area contributed by atoms with Crippen molar-refractivity contribution in [1.82, 2.24) is 10.0 Å². The van der Waals surface area contributed by atoms with E-state index in [0.717, 1.165) is 25.7 Å². The first-order valence-corrected chi connectivity index (χ1v) is 9.23. The molecular weight excluding hydrogens is 292 g/mol. The highest BCUT2D eigenvalue weighted by molar-refractivity contribution is 7.89. The topological polar surface area (TPSA) is 84.5 Å². The summed E-state index contributed by atoms with van der Waals surface area (Å²) in [4.78, 5) is 11.7. The third-order valence-electron chi connectivity index (χ3n) is 3.54. The van der Waals surface area contributed by atoms with Crippen LogP contribution in [0, 0.1) is 5.92 Å². The summed E-state index contributed by atoms with van der Waals surface area (Å²) in [5.41, 5.74) is -0.486. The molecule has 0 atom stereocenters. The van der Waals surface area contributed by atoms with Crippen molar-refractivity contribution in [3.63, 3.8) is 0 Å². The maximum Gasteiger partial charge on any atom is 0.407 e. The zero-order valence-corrected chi connectivity index (χ0v) is 14.3. The summed E-state index contributed by atoms with van der Waals surface area (Å²) in [5, 5.41) is 2.88. The van der Waals surface area contributed by atoms with Gasteiger partial charge in [0.1, 0.15) is 5.60 Å². The highest BCUT2D eigenvalue weighted by atomic mass is 32.2. The summed E-state index contributed by atoms with van der Waals surface area (Å²) in [6, 6.07) is 0.124. The number of sulfonamides is 1. The van der Waals surface area contributed by atoms with Crippen molar-refractivity contribution in [3.05, 3.63) is 0 Å². The molecule has 124 valence electrons. The minimum atomic E-state index is -3.11. The molecule has 0 aromatic heterocycles. The Balaban J connectivity index is 2.28. The van der Waals surface area contributed by atoms with Crippen molar-refractivity contribution in [3.8, 4) is 0 Å². The predicted octanol–water partition coefficient (Wildman–Crippen LogP) is 2.01. The van der Waals surface area contributed by atoms with Crippen LogP contribution >= 0.6 is 0 Å². The molecule has 0 aliphatic heterocycles. The maximum atomic E-state index is 11.7. The summed E-state index contributed by atoms with van der Waals surface area (Å²) in [5.74, 6) is 0.464. The van der Waals surface area contributed by atoms with E-state index in [1.54, 1.807) is 6.92 Å². The number of ether oxygens (including phenoxy) is 1. The number of alkyl carbamates (subject to hydrolysis) is 1. The molecule has 1 saturated carbocycles. The van der Waals surface area contributed by atoms with Crippen molar-refractivity contribution in [2.45, 2.75) is 65.0 Å². The van der Waals surface area contributed by atoms with Crippen LogP contribution in [-0.4, -0.2) is 38.5 Å². The Bertz CT molecular complexity index is 434. The number of nitrogens with one attached hydrogen (secondary N) is 2. The van der Waals surface area contributed by atoms with Gasteiger partial charge < -0.3 is 10.1 Å². The van der Waals surface area contributed by atoms with E-state index in [-0.39, 0.29) is 17.9 Å². The molecule has 2 N–H and O–H groups in total. The first kappa shape index (κ1) is 18.2. The Morgan fingerprint density at radius 3 is 2.24 bits per heavy atom. The van der Waals surface area contributed by atoms with Gasteiger partial charge >= 0.3 is 6.09 Å². The molecule has 1 aliphatic rings. The third kappa shape index (κ3) is 7.66. The number of amides is 1. The zero-order valence-electron chi connectivity index (χ0n) is 13.4. The van der Waals surface area contributed by atoms with Gasteiger partial charge in [-0.05, 0) is 59.3 Å². The average molecular weight is 320 g/mol. The van der Waals surface area contributed by atoms with E-state index in [4.69, 9.17) is 4.74 Å². The molecule has 7 heteroatoms. The van der Waals surface area contributed by atoms with Crippen LogP contribution < -0.4 is 10.0 Å². The first-order chi connectivity index (χ1) is 9.61. The Kier molecular flexibility index (Phi) is 6.46. The van der Waals surface area contributed by atoms with Crippen LogP contribution in [0.3, 0.4) is 0 Å². The van der Waals surface area contributed by atoms with Gasteiger partial charge in [0.05, 0.1) is 5.75 Å². The summed E-state index contributed by atoms with van der Waals surface area (Å²) in [6.45, 7) is 7.63. The van der Waals surface area contributed by atoms with Gasteiger partial charge in [-0.3, -0.25) is 0 Å². The second-order valence-electron chi connectivity index (χ2n) is 6.62. The molecule has 0 bridgehead atoms. The molecule has 21 heavy (non-hydrogen) atoms. The molecule has 0 spiro atoms. The van der Waals surface area contributed by atoms with Crippen LogP contribution in [0.1, 0.15) is 53.4 Å². The monoisotopic (exact) mass is 320 g/mol. The van der Waals surface area contributed by atoms with Crippen LogP contribution in [0.5, 0.6) is 0 Å². The van der Waals surface area contributed by atoms with Crippen LogP contribution in [0.2, 0.25) is 0 Å². The molecule has 0 aromatic rings. The lowest BCUT2D eigenvalue weighted by Crippen LogP contribution is -2.42. The molecule has 0 aromatic carbocycles. The van der Waals surface area contributed by atoms with E-state index < -0.39 is 15.6 Å². The molecule has 6 nitrogen and oxygen atoms in total. The van der Waals surface area contributed by atoms with E-state index in [1.165, 1.54) is 0 Å². The molecule has 0 heterocycles. The Morgan fingerprint density at radius 2 is 1.76 bits per heavy atom. The fourth-order valence-corrected chi connectivity index (χ4v) is 3.03. The van der Waals surface area contributed by atoms with Gasteiger partial charge in [0.25, 0.3) is 0 Å². The van der Waals surface area contributed by atoms with E-state index >= 15 is 0 Å². The SMILES string of the molecule is CCS(=O)(=O)NC[C@H]1CC[C@H](NC(=O)OC(C)(C)C)CC1. The average Bonchev–Trinajstić information content (AvgIpc) is 2.36. The molecule has 1 aliphatic carbocycles. The second-order valence-corrected chi connectivity index (χ2v) is 8.71. The molecule has 0 unspecified atom stereocenters. The Morgan fingerprint density at radius 1 is 1.19 bits per heavy atom. The predicted molar refractivity (Wildman–Crippen MR) is 82.6 cm³/mol. The normalized spacial score (nSPS) is 23.6. The fourth-order valence-electron chi connectivity index (χ4n) is 2.33. The molecule has 0 radical (unpaired) electrons. The first-order valence-electron chi connectivity index (χ1n) is 7.58. The zero-order chi connectivity index (χ0) is 16.1. The van der Waals surface area contributed by atoms with Gasteiger partial charge in [0.2, 0.25) is 10.0 Å². The standard InChI is InChI=1S/C14H28N2O4S/c1-5-21(18,19)15-10-11-6-8-12(9-7-11)16-13(17)20-14(2,3)4/h11-12,15H,5-10H2,1-4H3,(H,16,17)/t11-,12-. The van der Waals surface area contributed by atoms with Crippen LogP contribution in [0.15, 0.2) is 0 Å². The van der Waals surface area contributed by atoms with E-state index in [2.05, 4.69) is 10.0 Å². The summed E-state index contributed by atoms with van der Waals surface area (Å²) < 4.78 is 30.7. The van der Waals surface area contributed by atoms with Crippen molar-refractivity contribution >= 4 is 16.1 Å². The number of hydrogen-bond acceptors (Lipinski definition) is 4. The summed E-state index contributed by atoms with van der Waals surface area (Å²) >= 11 is 0. The van der Waals surface area contributed by atoms with Gasteiger partial charge in [0.15, 0.2) is 0 Å². The number of carbonyl (C=O) groups excluding carboxylic acids is 1. The van der Waals surface area contributed by atoms with Crippen LogP contribution in [-0.2, 0) is 14.8 Å². The highest BCUT2D eigenvalue weighted by Gasteiger charge is 2.25. The van der Waals surface area contributed by atoms with Crippen LogP contribution in [0.4, 0.5) is 4.79 Å². The van der Waals surface area contributed by atoms with Gasteiger partial charge in [-0.2, -0.15) is 0 Å². The van der Waals surface area contributed by atoms with Crippen molar-refractivity contribution in [1.29, 1.82) is 0 Å². The minimum absolute atomic E-state index is 0.114. The number of rotatable bonds is 5. The van der Waals surface area contributed by atoms with E-state index in [9.17, 15) is 13.2 Å². The minimum Gasteiger partial charge on any atom is -0.444 e. The Hall–Kier alpha value is -0.820.